The molecule has 0 radical (unpaired) electrons. The van der Waals surface area contributed by atoms with Crippen molar-refractivity contribution in [2.24, 2.45) is 0 Å². The summed E-state index contributed by atoms with van der Waals surface area (Å²) >= 11 is 0. The lowest BCUT2D eigenvalue weighted by Gasteiger charge is -2.21. The van der Waals surface area contributed by atoms with E-state index in [-0.39, 0.29) is 18.6 Å². The molecule has 1 fully saturated rings. The van der Waals surface area contributed by atoms with Crippen molar-refractivity contribution in [1.29, 1.82) is 0 Å². The van der Waals surface area contributed by atoms with Crippen molar-refractivity contribution >= 4 is 5.91 Å². The first-order valence-electron chi connectivity index (χ1n) is 5.86. The van der Waals surface area contributed by atoms with Gasteiger partial charge in [0.05, 0.1) is 13.2 Å². The number of carbonyl (C=O) groups excluding carboxylic acids is 1. The van der Waals surface area contributed by atoms with Gasteiger partial charge in [0.15, 0.2) is 0 Å². The summed E-state index contributed by atoms with van der Waals surface area (Å²) in [6.07, 6.45) is 4.73. The van der Waals surface area contributed by atoms with E-state index < -0.39 is 0 Å². The lowest BCUT2D eigenvalue weighted by molar-refractivity contribution is -0.130. The van der Waals surface area contributed by atoms with Crippen molar-refractivity contribution in [3.8, 4) is 0 Å². The molecule has 0 bridgehead atoms. The summed E-state index contributed by atoms with van der Waals surface area (Å²) in [4.78, 5) is 13.7. The second-order valence-corrected chi connectivity index (χ2v) is 4.26. The van der Waals surface area contributed by atoms with Crippen molar-refractivity contribution in [1.82, 2.24) is 10.2 Å². The van der Waals surface area contributed by atoms with Gasteiger partial charge in [-0.25, -0.2) is 0 Å². The molecule has 0 saturated carbocycles. The highest BCUT2D eigenvalue weighted by Gasteiger charge is 2.15. The van der Waals surface area contributed by atoms with Crippen LogP contribution in [0.15, 0.2) is 0 Å². The molecule has 0 aromatic heterocycles. The van der Waals surface area contributed by atoms with Crippen LogP contribution in [0.25, 0.3) is 0 Å². The van der Waals surface area contributed by atoms with E-state index in [0.717, 1.165) is 25.9 Å². The molecule has 1 aliphatic rings. The number of aliphatic hydroxyl groups is 1. The van der Waals surface area contributed by atoms with E-state index in [0.29, 0.717) is 6.54 Å². The van der Waals surface area contributed by atoms with Crippen LogP contribution in [0, 0.1) is 0 Å². The monoisotopic (exact) mass is 214 g/mol. The van der Waals surface area contributed by atoms with Crippen LogP contribution in [0.5, 0.6) is 0 Å². The van der Waals surface area contributed by atoms with Gasteiger partial charge in [0.25, 0.3) is 0 Å². The molecule has 15 heavy (non-hydrogen) atoms. The van der Waals surface area contributed by atoms with Crippen LogP contribution in [-0.4, -0.2) is 48.2 Å². The number of aliphatic hydroxyl groups excluding tert-OH is 1. The van der Waals surface area contributed by atoms with Crippen LogP contribution in [-0.2, 0) is 4.79 Å². The predicted molar refractivity (Wildman–Crippen MR) is 59.6 cm³/mol. The van der Waals surface area contributed by atoms with Crippen LogP contribution in [0.3, 0.4) is 0 Å². The van der Waals surface area contributed by atoms with E-state index in [1.807, 2.05) is 11.8 Å². The second kappa shape index (κ2) is 6.80. The predicted octanol–water partition coefficient (Wildman–Crippen LogP) is 0.359. The fourth-order valence-corrected chi connectivity index (χ4v) is 1.76. The van der Waals surface area contributed by atoms with Crippen molar-refractivity contribution in [3.05, 3.63) is 0 Å². The van der Waals surface area contributed by atoms with Gasteiger partial charge in [0.1, 0.15) is 0 Å². The summed E-state index contributed by atoms with van der Waals surface area (Å²) in [5.41, 5.74) is 0. The average Bonchev–Trinajstić information content (AvgIpc) is 2.53. The highest BCUT2D eigenvalue weighted by atomic mass is 16.3. The highest BCUT2D eigenvalue weighted by molar-refractivity contribution is 5.78. The van der Waals surface area contributed by atoms with Crippen molar-refractivity contribution in [2.75, 3.05) is 26.2 Å². The Morgan fingerprint density at radius 1 is 1.33 bits per heavy atom. The highest BCUT2D eigenvalue weighted by Crippen LogP contribution is 2.09. The van der Waals surface area contributed by atoms with Gasteiger partial charge in [-0.1, -0.05) is 12.8 Å². The summed E-state index contributed by atoms with van der Waals surface area (Å²) in [6.45, 7) is 4.09. The van der Waals surface area contributed by atoms with E-state index >= 15 is 0 Å². The molecular formula is C11H22N2O2. The van der Waals surface area contributed by atoms with Gasteiger partial charge in [0, 0.05) is 19.1 Å². The maximum Gasteiger partial charge on any atom is 0.236 e. The molecule has 1 aliphatic heterocycles. The lowest BCUT2D eigenvalue weighted by Crippen LogP contribution is -2.42. The SMILES string of the molecule is CC(CO)NCC(=O)N1CCCCCC1. The fraction of sp³-hybridized carbons (Fsp3) is 0.909. The number of likely N-dealkylation sites (tertiary alicyclic amines) is 1. The summed E-state index contributed by atoms with van der Waals surface area (Å²) in [5, 5.41) is 11.8. The lowest BCUT2D eigenvalue weighted by atomic mass is 10.2. The first kappa shape index (κ1) is 12.5. The summed E-state index contributed by atoms with van der Waals surface area (Å²) < 4.78 is 0. The Morgan fingerprint density at radius 2 is 1.93 bits per heavy atom. The van der Waals surface area contributed by atoms with Gasteiger partial charge < -0.3 is 15.3 Å². The zero-order chi connectivity index (χ0) is 11.1. The molecule has 1 amide bonds. The molecule has 1 rings (SSSR count). The molecule has 1 unspecified atom stereocenters. The van der Waals surface area contributed by atoms with Crippen LogP contribution >= 0.6 is 0 Å². The van der Waals surface area contributed by atoms with Gasteiger partial charge in [-0.3, -0.25) is 4.79 Å². The third-order valence-corrected chi connectivity index (χ3v) is 2.83. The van der Waals surface area contributed by atoms with E-state index in [4.69, 9.17) is 5.11 Å². The number of nitrogens with one attached hydrogen (secondary N) is 1. The molecule has 1 atom stereocenters. The van der Waals surface area contributed by atoms with Crippen LogP contribution in [0.2, 0.25) is 0 Å². The number of rotatable bonds is 4. The molecule has 88 valence electrons. The maximum absolute atomic E-state index is 11.8. The molecule has 0 aromatic rings. The molecule has 1 heterocycles. The number of amides is 1. The van der Waals surface area contributed by atoms with Crippen LogP contribution in [0.1, 0.15) is 32.6 Å². The van der Waals surface area contributed by atoms with E-state index in [1.165, 1.54) is 12.8 Å². The number of hydrogen-bond acceptors (Lipinski definition) is 3. The van der Waals surface area contributed by atoms with Gasteiger partial charge in [-0.2, -0.15) is 0 Å². The molecule has 1 saturated heterocycles. The van der Waals surface area contributed by atoms with E-state index in [2.05, 4.69) is 5.32 Å². The summed E-state index contributed by atoms with van der Waals surface area (Å²) in [5.74, 6) is 0.164. The Bertz CT molecular complexity index is 189. The standard InChI is InChI=1S/C11H22N2O2/c1-10(9-14)12-8-11(15)13-6-4-2-3-5-7-13/h10,12,14H,2-9H2,1H3. The molecule has 2 N–H and O–H groups in total. The van der Waals surface area contributed by atoms with Crippen molar-refractivity contribution < 1.29 is 9.90 Å². The topological polar surface area (TPSA) is 52.6 Å². The Hall–Kier alpha value is -0.610. The average molecular weight is 214 g/mol. The van der Waals surface area contributed by atoms with Gasteiger partial charge in [0.2, 0.25) is 5.91 Å². The number of hydrogen-bond donors (Lipinski definition) is 2. The minimum absolute atomic E-state index is 0.000859. The minimum Gasteiger partial charge on any atom is -0.395 e. The first-order chi connectivity index (χ1) is 7.24. The molecule has 4 nitrogen and oxygen atoms in total. The molecular weight excluding hydrogens is 192 g/mol. The number of carbonyl (C=O) groups is 1. The minimum atomic E-state index is 0.000859. The first-order valence-corrected chi connectivity index (χ1v) is 5.86. The molecule has 0 aliphatic carbocycles. The fourth-order valence-electron chi connectivity index (χ4n) is 1.76. The molecule has 4 heteroatoms. The van der Waals surface area contributed by atoms with Gasteiger partial charge in [-0.05, 0) is 19.8 Å². The Morgan fingerprint density at radius 3 is 2.47 bits per heavy atom. The van der Waals surface area contributed by atoms with Crippen molar-refractivity contribution in [2.45, 2.75) is 38.6 Å². The smallest absolute Gasteiger partial charge is 0.236 e. The quantitative estimate of drug-likeness (QED) is 0.710. The third-order valence-electron chi connectivity index (χ3n) is 2.83. The third kappa shape index (κ3) is 4.62. The largest absolute Gasteiger partial charge is 0.395 e. The van der Waals surface area contributed by atoms with Crippen LogP contribution in [0.4, 0.5) is 0 Å². The Labute approximate surface area is 91.6 Å². The summed E-state index contributed by atoms with van der Waals surface area (Å²) in [7, 11) is 0. The van der Waals surface area contributed by atoms with Crippen LogP contribution < -0.4 is 5.32 Å². The van der Waals surface area contributed by atoms with E-state index in [1.54, 1.807) is 0 Å². The Balaban J connectivity index is 2.25. The number of nitrogens with zero attached hydrogens (tertiary/aromatic N) is 1. The van der Waals surface area contributed by atoms with Crippen molar-refractivity contribution in [3.63, 3.8) is 0 Å². The van der Waals surface area contributed by atoms with Gasteiger partial charge in [-0.15, -0.1) is 0 Å². The molecule has 0 spiro atoms. The maximum atomic E-state index is 11.8. The Kier molecular flexibility index (Phi) is 5.65. The summed E-state index contributed by atoms with van der Waals surface area (Å²) in [6, 6.07) is 0.000859. The second-order valence-electron chi connectivity index (χ2n) is 4.26. The zero-order valence-electron chi connectivity index (χ0n) is 9.54. The van der Waals surface area contributed by atoms with Gasteiger partial charge >= 0.3 is 0 Å². The zero-order valence-corrected chi connectivity index (χ0v) is 9.54. The normalized spacial score (nSPS) is 19.7. The molecule has 0 aromatic carbocycles. The van der Waals surface area contributed by atoms with E-state index in [9.17, 15) is 4.79 Å².